The van der Waals surface area contributed by atoms with E-state index in [0.717, 1.165) is 35.2 Å². The predicted octanol–water partition coefficient (Wildman–Crippen LogP) is 5.15. The van der Waals surface area contributed by atoms with Crippen molar-refractivity contribution in [1.82, 2.24) is 10.2 Å². The second kappa shape index (κ2) is 9.08. The van der Waals surface area contributed by atoms with Gasteiger partial charge >= 0.3 is 0 Å². The fraction of sp³-hybridized carbons (Fsp3) is 0.444. The Balaban J connectivity index is 1.55. The van der Waals surface area contributed by atoms with Crippen LogP contribution in [0.2, 0.25) is 0 Å². The normalized spacial score (nSPS) is 16.3. The number of nitrogens with zero attached hydrogens (tertiary/aromatic N) is 1. The first-order valence-corrected chi connectivity index (χ1v) is 11.4. The molecule has 1 aliphatic rings. The molecule has 1 amide bonds. The lowest BCUT2D eigenvalue weighted by Crippen LogP contribution is -2.43. The minimum absolute atomic E-state index is 0.0868. The summed E-state index contributed by atoms with van der Waals surface area (Å²) in [5, 5.41) is 4.13. The van der Waals surface area contributed by atoms with Crippen LogP contribution in [-0.2, 0) is 10.2 Å². The number of furan rings is 1. The number of fused-ring (bicyclic) bond motifs is 1. The van der Waals surface area contributed by atoms with E-state index < -0.39 is 0 Å². The van der Waals surface area contributed by atoms with Crippen LogP contribution in [-0.4, -0.2) is 43.7 Å². The molecule has 0 unspecified atom stereocenters. The summed E-state index contributed by atoms with van der Waals surface area (Å²) in [6, 6.07) is 14.9. The SMILES string of the molecule is Cc1ccc2c(C)c(C(=O)NC[C@H](c3ccc(C(C)(C)C)cc3)N3CCOCC3)oc2c1. The average Bonchev–Trinajstić information content (AvgIpc) is 3.10. The molecule has 1 aliphatic heterocycles. The van der Waals surface area contributed by atoms with E-state index in [1.165, 1.54) is 11.1 Å². The number of aryl methyl sites for hydroxylation is 2. The number of benzene rings is 2. The van der Waals surface area contributed by atoms with Gasteiger partial charge in [0.15, 0.2) is 5.76 Å². The predicted molar refractivity (Wildman–Crippen MR) is 128 cm³/mol. The van der Waals surface area contributed by atoms with Crippen molar-refractivity contribution in [2.45, 2.75) is 46.1 Å². The number of rotatable bonds is 5. The Morgan fingerprint density at radius 1 is 1.06 bits per heavy atom. The molecule has 4 rings (SSSR count). The number of carbonyl (C=O) groups excluding carboxylic acids is 1. The fourth-order valence-corrected chi connectivity index (χ4v) is 4.37. The van der Waals surface area contributed by atoms with Gasteiger partial charge in [-0.05, 0) is 42.0 Å². The quantitative estimate of drug-likeness (QED) is 0.603. The van der Waals surface area contributed by atoms with Crippen LogP contribution >= 0.6 is 0 Å². The molecule has 32 heavy (non-hydrogen) atoms. The number of carbonyl (C=O) groups is 1. The average molecular weight is 435 g/mol. The van der Waals surface area contributed by atoms with Crippen LogP contribution in [0.1, 0.15) is 59.6 Å². The van der Waals surface area contributed by atoms with Gasteiger partial charge in [0.05, 0.1) is 19.3 Å². The lowest BCUT2D eigenvalue weighted by molar-refractivity contribution is 0.0161. The number of hydrogen-bond acceptors (Lipinski definition) is 4. The monoisotopic (exact) mass is 434 g/mol. The highest BCUT2D eigenvalue weighted by Gasteiger charge is 2.25. The van der Waals surface area contributed by atoms with Gasteiger partial charge in [-0.2, -0.15) is 0 Å². The largest absolute Gasteiger partial charge is 0.451 e. The second-order valence-electron chi connectivity index (χ2n) is 9.80. The molecule has 1 atom stereocenters. The topological polar surface area (TPSA) is 54.7 Å². The molecule has 0 saturated carbocycles. The van der Waals surface area contributed by atoms with Crippen LogP contribution in [0.3, 0.4) is 0 Å². The standard InChI is InChI=1S/C27H34N2O3/c1-18-6-11-22-19(2)25(32-24(22)16-18)26(30)28-17-23(29-12-14-31-15-13-29)20-7-9-21(10-8-20)27(3,4)5/h6-11,16,23H,12-15,17H2,1-5H3,(H,28,30)/t23-/m1/s1. The maximum absolute atomic E-state index is 13.1. The Kier molecular flexibility index (Phi) is 6.40. The van der Waals surface area contributed by atoms with Crippen molar-refractivity contribution in [3.63, 3.8) is 0 Å². The minimum atomic E-state index is -0.166. The molecule has 5 nitrogen and oxygen atoms in total. The van der Waals surface area contributed by atoms with Crippen molar-refractivity contribution in [1.29, 1.82) is 0 Å². The highest BCUT2D eigenvalue weighted by Crippen LogP contribution is 2.28. The van der Waals surface area contributed by atoms with Crippen LogP contribution in [0.15, 0.2) is 46.9 Å². The van der Waals surface area contributed by atoms with Crippen LogP contribution < -0.4 is 5.32 Å². The second-order valence-corrected chi connectivity index (χ2v) is 9.80. The molecule has 0 radical (unpaired) electrons. The van der Waals surface area contributed by atoms with E-state index in [0.29, 0.717) is 25.5 Å². The molecule has 0 aliphatic carbocycles. The van der Waals surface area contributed by atoms with E-state index in [4.69, 9.17) is 9.15 Å². The number of morpholine rings is 1. The van der Waals surface area contributed by atoms with Crippen molar-refractivity contribution in [2.24, 2.45) is 0 Å². The zero-order chi connectivity index (χ0) is 22.9. The van der Waals surface area contributed by atoms with E-state index in [2.05, 4.69) is 55.3 Å². The van der Waals surface area contributed by atoms with Gasteiger partial charge < -0.3 is 14.5 Å². The van der Waals surface area contributed by atoms with Gasteiger partial charge in [-0.15, -0.1) is 0 Å². The van der Waals surface area contributed by atoms with Crippen LogP contribution in [0.5, 0.6) is 0 Å². The van der Waals surface area contributed by atoms with Crippen LogP contribution in [0, 0.1) is 13.8 Å². The van der Waals surface area contributed by atoms with Gasteiger partial charge in [0, 0.05) is 30.6 Å². The van der Waals surface area contributed by atoms with Crippen LogP contribution in [0.25, 0.3) is 11.0 Å². The smallest absolute Gasteiger partial charge is 0.287 e. The third-order valence-electron chi connectivity index (χ3n) is 6.40. The molecule has 0 bridgehead atoms. The summed E-state index contributed by atoms with van der Waals surface area (Å²) in [5.74, 6) is 0.232. The van der Waals surface area contributed by atoms with Crippen molar-refractivity contribution in [3.05, 3.63) is 70.5 Å². The van der Waals surface area contributed by atoms with E-state index in [1.54, 1.807) is 0 Å². The van der Waals surface area contributed by atoms with Crippen molar-refractivity contribution in [2.75, 3.05) is 32.8 Å². The van der Waals surface area contributed by atoms with Crippen molar-refractivity contribution < 1.29 is 13.9 Å². The number of ether oxygens (including phenoxy) is 1. The maximum atomic E-state index is 13.1. The molecular formula is C27H34N2O3. The van der Waals surface area contributed by atoms with Gasteiger partial charge in [-0.1, -0.05) is 57.2 Å². The molecule has 2 aromatic carbocycles. The molecule has 1 fully saturated rings. The van der Waals surface area contributed by atoms with E-state index in [9.17, 15) is 4.79 Å². The summed E-state index contributed by atoms with van der Waals surface area (Å²) in [6.07, 6.45) is 0. The molecule has 2 heterocycles. The molecule has 3 aromatic rings. The van der Waals surface area contributed by atoms with Gasteiger partial charge in [-0.25, -0.2) is 0 Å². The Labute approximate surface area is 190 Å². The Bertz CT molecular complexity index is 1090. The Morgan fingerprint density at radius 2 is 1.75 bits per heavy atom. The third-order valence-corrected chi connectivity index (χ3v) is 6.40. The summed E-state index contributed by atoms with van der Waals surface area (Å²) in [7, 11) is 0. The van der Waals surface area contributed by atoms with E-state index in [-0.39, 0.29) is 17.4 Å². The summed E-state index contributed by atoms with van der Waals surface area (Å²) < 4.78 is 11.5. The summed E-state index contributed by atoms with van der Waals surface area (Å²) in [6.45, 7) is 14.3. The van der Waals surface area contributed by atoms with E-state index >= 15 is 0 Å². The van der Waals surface area contributed by atoms with E-state index in [1.807, 2.05) is 32.0 Å². The molecular weight excluding hydrogens is 400 g/mol. The molecule has 170 valence electrons. The summed E-state index contributed by atoms with van der Waals surface area (Å²) in [4.78, 5) is 15.5. The van der Waals surface area contributed by atoms with Crippen LogP contribution in [0.4, 0.5) is 0 Å². The van der Waals surface area contributed by atoms with Gasteiger partial charge in [0.1, 0.15) is 5.58 Å². The van der Waals surface area contributed by atoms with Crippen molar-refractivity contribution in [3.8, 4) is 0 Å². The minimum Gasteiger partial charge on any atom is -0.451 e. The van der Waals surface area contributed by atoms with Gasteiger partial charge in [0.2, 0.25) is 0 Å². The fourth-order valence-electron chi connectivity index (χ4n) is 4.37. The lowest BCUT2D eigenvalue weighted by Gasteiger charge is -2.35. The Morgan fingerprint density at radius 3 is 2.41 bits per heavy atom. The first-order chi connectivity index (χ1) is 15.2. The Hall–Kier alpha value is -2.63. The molecule has 5 heteroatoms. The zero-order valence-corrected chi connectivity index (χ0v) is 19.8. The number of amides is 1. The summed E-state index contributed by atoms with van der Waals surface area (Å²) >= 11 is 0. The zero-order valence-electron chi connectivity index (χ0n) is 19.8. The first kappa shape index (κ1) is 22.6. The summed E-state index contributed by atoms with van der Waals surface area (Å²) in [5.41, 5.74) is 5.38. The molecule has 1 N–H and O–H groups in total. The van der Waals surface area contributed by atoms with Crippen molar-refractivity contribution >= 4 is 16.9 Å². The lowest BCUT2D eigenvalue weighted by atomic mass is 9.86. The highest BCUT2D eigenvalue weighted by molar-refractivity contribution is 5.99. The first-order valence-electron chi connectivity index (χ1n) is 11.4. The number of hydrogen-bond donors (Lipinski definition) is 1. The third kappa shape index (κ3) is 4.74. The maximum Gasteiger partial charge on any atom is 0.287 e. The molecule has 1 saturated heterocycles. The van der Waals surface area contributed by atoms with Gasteiger partial charge in [0.25, 0.3) is 5.91 Å². The molecule has 1 aromatic heterocycles. The highest BCUT2D eigenvalue weighted by atomic mass is 16.5. The van der Waals surface area contributed by atoms with Gasteiger partial charge in [-0.3, -0.25) is 9.69 Å². The number of nitrogens with one attached hydrogen (secondary N) is 1. The molecule has 0 spiro atoms.